The van der Waals surface area contributed by atoms with Crippen LogP contribution in [0.15, 0.2) is 63.9 Å². The Balaban J connectivity index is 2.11. The molecule has 2 aromatic rings. The van der Waals surface area contributed by atoms with Crippen LogP contribution >= 0.6 is 11.8 Å². The van der Waals surface area contributed by atoms with Crippen LogP contribution in [0, 0.1) is 0 Å². The van der Waals surface area contributed by atoms with Crippen molar-refractivity contribution in [3.05, 3.63) is 48.8 Å². The fourth-order valence-electron chi connectivity index (χ4n) is 1.24. The molecule has 0 fully saturated rings. The van der Waals surface area contributed by atoms with Crippen molar-refractivity contribution in [2.24, 2.45) is 10.2 Å². The van der Waals surface area contributed by atoms with Crippen LogP contribution in [0.3, 0.4) is 0 Å². The molecule has 1 aromatic heterocycles. The molecule has 1 aromatic carbocycles. The molecule has 1 heterocycles. The second-order valence-electron chi connectivity index (χ2n) is 3.33. The molecule has 4 nitrogen and oxygen atoms in total. The Labute approximate surface area is 104 Å². The third-order valence-corrected chi connectivity index (χ3v) is 2.89. The minimum Gasteiger partial charge on any atom is -0.285 e. The molecule has 0 aliphatic heterocycles. The molecule has 17 heavy (non-hydrogen) atoms. The van der Waals surface area contributed by atoms with Gasteiger partial charge in [-0.15, -0.1) is 11.8 Å². The summed E-state index contributed by atoms with van der Waals surface area (Å²) in [6.45, 7) is 0. The summed E-state index contributed by atoms with van der Waals surface area (Å²) in [6.07, 6.45) is 5.04. The van der Waals surface area contributed by atoms with Crippen molar-refractivity contribution < 1.29 is 9.94 Å². The highest BCUT2D eigenvalue weighted by molar-refractivity contribution is 7.98. The highest BCUT2D eigenvalue weighted by atomic mass is 32.2. The van der Waals surface area contributed by atoms with Crippen LogP contribution in [0.2, 0.25) is 0 Å². The number of benzene rings is 1. The molecule has 0 atom stereocenters. The van der Waals surface area contributed by atoms with E-state index in [0.29, 0.717) is 5.69 Å². The number of nitrogens with zero attached hydrogens (tertiary/aromatic N) is 3. The van der Waals surface area contributed by atoms with E-state index in [-0.39, 0.29) is 0 Å². The summed E-state index contributed by atoms with van der Waals surface area (Å²) in [6, 6.07) is 11.2. The molecule has 0 amide bonds. The number of azo groups is 1. The van der Waals surface area contributed by atoms with E-state index < -0.39 is 0 Å². The summed E-state index contributed by atoms with van der Waals surface area (Å²) >= 11 is 1.69. The van der Waals surface area contributed by atoms with Crippen LogP contribution in [0.25, 0.3) is 0 Å². The van der Waals surface area contributed by atoms with Crippen molar-refractivity contribution in [3.8, 4) is 0 Å². The summed E-state index contributed by atoms with van der Waals surface area (Å²) in [4.78, 5) is 1.20. The first-order valence-electron chi connectivity index (χ1n) is 5.04. The monoisotopic (exact) mass is 246 g/mol. The molecule has 2 rings (SSSR count). The average molecular weight is 246 g/mol. The molecule has 0 aliphatic rings. The standard InChI is InChI=1S/C12H12N3OS/c1-17-12-4-2-10(3-5-12)13-14-11-6-8-15(16)9-7-11/h2-9,16H,1H3/q+1. The highest BCUT2D eigenvalue weighted by Gasteiger charge is 1.96. The Morgan fingerprint density at radius 2 is 1.47 bits per heavy atom. The van der Waals surface area contributed by atoms with Gasteiger partial charge >= 0.3 is 0 Å². The maximum atomic E-state index is 9.04. The fraction of sp³-hybridized carbons (Fsp3) is 0.0833. The van der Waals surface area contributed by atoms with Crippen molar-refractivity contribution in [1.29, 1.82) is 0 Å². The third kappa shape index (κ3) is 3.29. The topological polar surface area (TPSA) is 48.8 Å². The van der Waals surface area contributed by atoms with Gasteiger partial charge in [0.1, 0.15) is 0 Å². The number of aromatic nitrogens is 1. The van der Waals surface area contributed by atoms with Gasteiger partial charge in [-0.3, -0.25) is 5.21 Å². The summed E-state index contributed by atoms with van der Waals surface area (Å²) < 4.78 is 0.965. The Bertz CT molecular complexity index is 508. The molecule has 0 bridgehead atoms. The van der Waals surface area contributed by atoms with Gasteiger partial charge in [-0.25, -0.2) is 0 Å². The smallest absolute Gasteiger partial charge is 0.224 e. The van der Waals surface area contributed by atoms with Crippen molar-refractivity contribution >= 4 is 23.1 Å². The molecule has 0 spiro atoms. The van der Waals surface area contributed by atoms with Crippen LogP contribution in [0.5, 0.6) is 0 Å². The Morgan fingerprint density at radius 1 is 0.941 bits per heavy atom. The van der Waals surface area contributed by atoms with Crippen LogP contribution in [0.1, 0.15) is 0 Å². The largest absolute Gasteiger partial charge is 0.285 e. The maximum Gasteiger partial charge on any atom is 0.224 e. The molecule has 1 N–H and O–H groups in total. The van der Waals surface area contributed by atoms with E-state index in [2.05, 4.69) is 10.2 Å². The Hall–Kier alpha value is -1.88. The summed E-state index contributed by atoms with van der Waals surface area (Å²) in [5.41, 5.74) is 1.51. The molecule has 0 saturated carbocycles. The minimum atomic E-state index is 0.698. The predicted octanol–water partition coefficient (Wildman–Crippen LogP) is 3.35. The van der Waals surface area contributed by atoms with Crippen LogP contribution in [0.4, 0.5) is 11.4 Å². The lowest BCUT2D eigenvalue weighted by Crippen LogP contribution is -2.27. The van der Waals surface area contributed by atoms with E-state index in [9.17, 15) is 0 Å². The van der Waals surface area contributed by atoms with Gasteiger partial charge in [0.2, 0.25) is 12.4 Å². The quantitative estimate of drug-likeness (QED) is 0.391. The van der Waals surface area contributed by atoms with Gasteiger partial charge in [0.25, 0.3) is 0 Å². The van der Waals surface area contributed by atoms with Crippen molar-refractivity contribution in [2.45, 2.75) is 4.90 Å². The number of rotatable bonds is 3. The Morgan fingerprint density at radius 3 is 2.00 bits per heavy atom. The van der Waals surface area contributed by atoms with Gasteiger partial charge in [-0.1, -0.05) is 0 Å². The van der Waals surface area contributed by atoms with Crippen molar-refractivity contribution in [3.63, 3.8) is 0 Å². The number of thioether (sulfide) groups is 1. The fourth-order valence-corrected chi connectivity index (χ4v) is 1.65. The number of pyridine rings is 1. The number of hydrogen-bond acceptors (Lipinski definition) is 4. The van der Waals surface area contributed by atoms with E-state index in [4.69, 9.17) is 5.21 Å². The zero-order valence-corrected chi connectivity index (χ0v) is 10.1. The van der Waals surface area contributed by atoms with E-state index in [1.165, 1.54) is 17.3 Å². The molecule has 0 unspecified atom stereocenters. The summed E-state index contributed by atoms with van der Waals surface area (Å²) in [5.74, 6) is 0. The van der Waals surface area contributed by atoms with E-state index in [0.717, 1.165) is 10.4 Å². The van der Waals surface area contributed by atoms with Gasteiger partial charge in [0.15, 0.2) is 0 Å². The first kappa shape index (κ1) is 11.6. The normalized spacial score (nSPS) is 10.9. The number of hydrogen-bond donors (Lipinski definition) is 1. The zero-order chi connectivity index (χ0) is 12.1. The molecule has 5 heteroatoms. The SMILES string of the molecule is CSc1ccc(N=Nc2cc[n+](O)cc2)cc1. The van der Waals surface area contributed by atoms with Gasteiger partial charge in [-0.05, 0) is 30.5 Å². The molecule has 0 aliphatic carbocycles. The average Bonchev–Trinajstić information content (AvgIpc) is 2.39. The minimum absolute atomic E-state index is 0.698. The van der Waals surface area contributed by atoms with Crippen molar-refractivity contribution in [1.82, 2.24) is 0 Å². The summed E-state index contributed by atoms with van der Waals surface area (Å²) in [5, 5.41) is 17.2. The first-order chi connectivity index (χ1) is 8.28. The lowest BCUT2D eigenvalue weighted by atomic mass is 10.3. The first-order valence-corrected chi connectivity index (χ1v) is 6.27. The Kier molecular flexibility index (Phi) is 3.72. The molecule has 86 valence electrons. The lowest BCUT2D eigenvalue weighted by Gasteiger charge is -1.95. The molecular weight excluding hydrogens is 234 g/mol. The van der Waals surface area contributed by atoms with Crippen LogP contribution in [-0.4, -0.2) is 11.5 Å². The molecule has 0 saturated heterocycles. The predicted molar refractivity (Wildman–Crippen MR) is 66.2 cm³/mol. The van der Waals surface area contributed by atoms with Gasteiger partial charge < -0.3 is 0 Å². The van der Waals surface area contributed by atoms with Crippen LogP contribution in [-0.2, 0) is 0 Å². The second kappa shape index (κ2) is 5.45. The van der Waals surface area contributed by atoms with E-state index in [1.54, 1.807) is 23.9 Å². The third-order valence-electron chi connectivity index (χ3n) is 2.15. The van der Waals surface area contributed by atoms with E-state index in [1.807, 2.05) is 30.5 Å². The van der Waals surface area contributed by atoms with Gasteiger partial charge in [0.05, 0.1) is 11.4 Å². The summed E-state index contributed by atoms with van der Waals surface area (Å²) in [7, 11) is 0. The maximum absolute atomic E-state index is 9.04. The zero-order valence-electron chi connectivity index (χ0n) is 9.32. The highest BCUT2D eigenvalue weighted by Crippen LogP contribution is 2.21. The van der Waals surface area contributed by atoms with Crippen molar-refractivity contribution in [2.75, 3.05) is 6.26 Å². The molecular formula is C12H12N3OS+. The molecule has 0 radical (unpaired) electrons. The lowest BCUT2D eigenvalue weighted by molar-refractivity contribution is -0.904. The second-order valence-corrected chi connectivity index (χ2v) is 4.21. The van der Waals surface area contributed by atoms with Gasteiger partial charge in [-0.2, -0.15) is 10.2 Å². The van der Waals surface area contributed by atoms with Gasteiger partial charge in [0, 0.05) is 21.8 Å². The van der Waals surface area contributed by atoms with Crippen LogP contribution < -0.4 is 4.73 Å². The van der Waals surface area contributed by atoms with E-state index >= 15 is 0 Å².